The lowest BCUT2D eigenvalue weighted by atomic mass is 9.99. The van der Waals surface area contributed by atoms with E-state index < -0.39 is 0 Å². The van der Waals surface area contributed by atoms with Gasteiger partial charge in [0.1, 0.15) is 0 Å². The van der Waals surface area contributed by atoms with E-state index in [9.17, 15) is 0 Å². The van der Waals surface area contributed by atoms with Crippen molar-refractivity contribution in [1.82, 2.24) is 4.98 Å². The third-order valence-electron chi connectivity index (χ3n) is 6.79. The van der Waals surface area contributed by atoms with Crippen LogP contribution in [0, 0.1) is 12.8 Å². The van der Waals surface area contributed by atoms with Crippen molar-refractivity contribution < 1.29 is 4.74 Å². The molecule has 0 N–H and O–H groups in total. The third-order valence-corrected chi connectivity index (χ3v) is 8.34. The zero-order valence-electron chi connectivity index (χ0n) is 21.3. The van der Waals surface area contributed by atoms with E-state index in [0.717, 1.165) is 29.4 Å². The van der Waals surface area contributed by atoms with E-state index in [-0.39, 0.29) is 0 Å². The van der Waals surface area contributed by atoms with Gasteiger partial charge in [-0.2, -0.15) is 0 Å². The first-order valence-corrected chi connectivity index (χ1v) is 14.5. The van der Waals surface area contributed by atoms with Crippen molar-refractivity contribution >= 4 is 39.7 Å². The first-order valence-electron chi connectivity index (χ1n) is 12.9. The van der Waals surface area contributed by atoms with E-state index in [1.807, 2.05) is 30.3 Å². The quantitative estimate of drug-likeness (QED) is 0.186. The van der Waals surface area contributed by atoms with Crippen molar-refractivity contribution in [2.75, 3.05) is 11.4 Å². The topological polar surface area (TPSA) is 25.4 Å². The van der Waals surface area contributed by atoms with Gasteiger partial charge in [-0.05, 0) is 67.0 Å². The Balaban J connectivity index is 1.36. The predicted octanol–water partition coefficient (Wildman–Crippen LogP) is 9.51. The summed E-state index contributed by atoms with van der Waals surface area (Å²) in [6.07, 6.45) is 3.57. The normalized spacial score (nSPS) is 14.1. The molecule has 1 atom stereocenters. The fourth-order valence-corrected chi connectivity index (χ4v) is 6.31. The van der Waals surface area contributed by atoms with Gasteiger partial charge in [-0.1, -0.05) is 84.7 Å². The fourth-order valence-electron chi connectivity index (χ4n) is 4.82. The molecule has 1 aromatic heterocycles. The van der Waals surface area contributed by atoms with Gasteiger partial charge in [-0.3, -0.25) is 0 Å². The van der Waals surface area contributed by atoms with Gasteiger partial charge in [-0.15, -0.1) is 11.3 Å². The standard InChI is InChI=1S/C31H32Cl2N2OS/c1-3-17-35(31-34-29(21(2)37-31)27-16-15-26(32)18-28(27)33)30(25-13-14-25)24-11-9-23(10-12-24)20-36-19-22-7-5-4-6-8-22/h4-12,15-16,18,25,30H,3,13-14,17,19-20H2,1-2H3. The zero-order chi connectivity index (χ0) is 25.8. The molecule has 0 aliphatic heterocycles. The van der Waals surface area contributed by atoms with Crippen LogP contribution in [0.15, 0.2) is 72.8 Å². The Morgan fingerprint density at radius 1 is 0.973 bits per heavy atom. The van der Waals surface area contributed by atoms with E-state index in [4.69, 9.17) is 32.9 Å². The van der Waals surface area contributed by atoms with Crippen LogP contribution in [-0.2, 0) is 18.0 Å². The molecule has 37 heavy (non-hydrogen) atoms. The lowest BCUT2D eigenvalue weighted by molar-refractivity contribution is 0.107. The van der Waals surface area contributed by atoms with E-state index in [0.29, 0.717) is 35.2 Å². The van der Waals surface area contributed by atoms with Crippen molar-refractivity contribution in [3.8, 4) is 11.3 Å². The van der Waals surface area contributed by atoms with Crippen molar-refractivity contribution in [2.24, 2.45) is 5.92 Å². The number of aromatic nitrogens is 1. The Kier molecular flexibility index (Phi) is 8.51. The largest absolute Gasteiger partial charge is 0.372 e. The number of nitrogens with zero attached hydrogens (tertiary/aromatic N) is 2. The van der Waals surface area contributed by atoms with Crippen LogP contribution in [0.4, 0.5) is 5.13 Å². The molecular weight excluding hydrogens is 519 g/mol. The second-order valence-electron chi connectivity index (χ2n) is 9.72. The molecule has 0 amide bonds. The van der Waals surface area contributed by atoms with Crippen molar-refractivity contribution in [2.45, 2.75) is 52.4 Å². The second-order valence-corrected chi connectivity index (χ2v) is 11.7. The summed E-state index contributed by atoms with van der Waals surface area (Å²) in [4.78, 5) is 8.81. The first-order chi connectivity index (χ1) is 18.0. The number of ether oxygens (including phenoxy) is 1. The predicted molar refractivity (Wildman–Crippen MR) is 157 cm³/mol. The van der Waals surface area contributed by atoms with Crippen LogP contribution in [0.1, 0.15) is 53.8 Å². The number of anilines is 1. The minimum Gasteiger partial charge on any atom is -0.372 e. The van der Waals surface area contributed by atoms with Crippen LogP contribution >= 0.6 is 34.5 Å². The highest BCUT2D eigenvalue weighted by molar-refractivity contribution is 7.16. The number of aryl methyl sites for hydroxylation is 1. The molecule has 3 nitrogen and oxygen atoms in total. The summed E-state index contributed by atoms with van der Waals surface area (Å²) < 4.78 is 5.96. The van der Waals surface area contributed by atoms with Crippen LogP contribution in [0.5, 0.6) is 0 Å². The third kappa shape index (κ3) is 6.38. The minimum absolute atomic E-state index is 0.318. The van der Waals surface area contributed by atoms with E-state index in [1.54, 1.807) is 17.4 Å². The van der Waals surface area contributed by atoms with Crippen LogP contribution in [0.25, 0.3) is 11.3 Å². The Hall–Kier alpha value is -2.37. The minimum atomic E-state index is 0.318. The van der Waals surface area contributed by atoms with Gasteiger partial charge in [0.05, 0.1) is 30.0 Å². The lowest BCUT2D eigenvalue weighted by Crippen LogP contribution is -2.31. The summed E-state index contributed by atoms with van der Waals surface area (Å²) in [5.74, 6) is 0.651. The molecule has 0 saturated heterocycles. The molecule has 1 saturated carbocycles. The summed E-state index contributed by atoms with van der Waals surface area (Å²) in [6, 6.07) is 25.3. The number of hydrogen-bond acceptors (Lipinski definition) is 4. The Labute approximate surface area is 234 Å². The molecule has 1 aliphatic carbocycles. The Morgan fingerprint density at radius 2 is 1.68 bits per heavy atom. The van der Waals surface area contributed by atoms with Crippen LogP contribution in [0.2, 0.25) is 10.0 Å². The molecule has 5 rings (SSSR count). The molecule has 3 aromatic carbocycles. The Morgan fingerprint density at radius 3 is 2.32 bits per heavy atom. The van der Waals surface area contributed by atoms with Gasteiger partial charge in [0.15, 0.2) is 5.13 Å². The van der Waals surface area contributed by atoms with Crippen molar-refractivity contribution in [3.05, 3.63) is 104 Å². The van der Waals surface area contributed by atoms with E-state index in [1.165, 1.54) is 34.4 Å². The zero-order valence-corrected chi connectivity index (χ0v) is 23.6. The monoisotopic (exact) mass is 550 g/mol. The number of benzene rings is 3. The summed E-state index contributed by atoms with van der Waals surface area (Å²) in [5.41, 5.74) is 5.62. The SMILES string of the molecule is CCCN(c1nc(-c2ccc(Cl)cc2Cl)c(C)s1)C(c1ccc(COCc2ccccc2)cc1)C1CC1. The van der Waals surface area contributed by atoms with E-state index >= 15 is 0 Å². The smallest absolute Gasteiger partial charge is 0.186 e. The van der Waals surface area contributed by atoms with Crippen LogP contribution < -0.4 is 4.90 Å². The average Bonchev–Trinajstić information content (AvgIpc) is 3.66. The maximum atomic E-state index is 6.55. The summed E-state index contributed by atoms with van der Waals surface area (Å²) >= 11 is 14.4. The highest BCUT2D eigenvalue weighted by atomic mass is 35.5. The van der Waals surface area contributed by atoms with Crippen LogP contribution in [-0.4, -0.2) is 11.5 Å². The Bertz CT molecular complexity index is 1320. The first kappa shape index (κ1) is 26.2. The molecule has 192 valence electrons. The molecule has 0 bridgehead atoms. The van der Waals surface area contributed by atoms with Gasteiger partial charge >= 0.3 is 0 Å². The molecule has 4 aromatic rings. The molecule has 1 aliphatic rings. The second kappa shape index (κ2) is 12.0. The number of rotatable bonds is 11. The molecule has 6 heteroatoms. The highest BCUT2D eigenvalue weighted by Crippen LogP contribution is 2.48. The van der Waals surface area contributed by atoms with Crippen molar-refractivity contribution in [3.63, 3.8) is 0 Å². The van der Waals surface area contributed by atoms with Crippen molar-refractivity contribution in [1.29, 1.82) is 0 Å². The summed E-state index contributed by atoms with van der Waals surface area (Å²) in [5, 5.41) is 2.34. The maximum Gasteiger partial charge on any atom is 0.186 e. The van der Waals surface area contributed by atoms with E-state index in [2.05, 4.69) is 55.1 Å². The number of hydrogen-bond donors (Lipinski definition) is 0. The summed E-state index contributed by atoms with van der Waals surface area (Å²) in [7, 11) is 0. The molecule has 1 unspecified atom stereocenters. The van der Waals surface area contributed by atoms with Gasteiger partial charge in [0, 0.05) is 22.0 Å². The fraction of sp³-hybridized carbons (Fsp3) is 0.323. The molecule has 0 spiro atoms. The van der Waals surface area contributed by atoms with Gasteiger partial charge in [0.2, 0.25) is 0 Å². The molecule has 1 heterocycles. The number of halogens is 2. The summed E-state index contributed by atoms with van der Waals surface area (Å²) in [6.45, 7) is 6.56. The molecular formula is C31H32Cl2N2OS. The highest BCUT2D eigenvalue weighted by Gasteiger charge is 2.37. The van der Waals surface area contributed by atoms with Crippen LogP contribution in [0.3, 0.4) is 0 Å². The van der Waals surface area contributed by atoms with Gasteiger partial charge in [0.25, 0.3) is 0 Å². The lowest BCUT2D eigenvalue weighted by Gasteiger charge is -2.32. The van der Waals surface area contributed by atoms with Gasteiger partial charge < -0.3 is 9.64 Å². The van der Waals surface area contributed by atoms with Gasteiger partial charge in [-0.25, -0.2) is 4.98 Å². The average molecular weight is 552 g/mol. The molecule has 0 radical (unpaired) electrons. The molecule has 1 fully saturated rings. The number of thiazole rings is 1. The maximum absolute atomic E-state index is 6.55.